The minimum Gasteiger partial charge on any atom is -0.327 e. The zero-order valence-electron chi connectivity index (χ0n) is 7.81. The first-order valence-electron chi connectivity index (χ1n) is 4.11. The van der Waals surface area contributed by atoms with Crippen LogP contribution in [0.25, 0.3) is 0 Å². The molecule has 0 saturated heterocycles. The number of hydrogen-bond donors (Lipinski definition) is 0. The van der Waals surface area contributed by atoms with Gasteiger partial charge in [0.15, 0.2) is 4.80 Å². The van der Waals surface area contributed by atoms with Crippen LogP contribution in [0, 0.1) is 0 Å². The molecular formula is C9H7BrN2OS2. The van der Waals surface area contributed by atoms with Crippen molar-refractivity contribution in [3.8, 4) is 0 Å². The highest BCUT2D eigenvalue weighted by atomic mass is 79.9. The SMILES string of the molecule is Cn1ccsc1=NC(=O)c1ccc(Br)s1. The van der Waals surface area contributed by atoms with E-state index in [1.165, 1.54) is 22.7 Å². The number of amides is 1. The quantitative estimate of drug-likeness (QED) is 0.797. The van der Waals surface area contributed by atoms with Gasteiger partial charge >= 0.3 is 0 Å². The van der Waals surface area contributed by atoms with Crippen LogP contribution in [0.3, 0.4) is 0 Å². The van der Waals surface area contributed by atoms with Gasteiger partial charge in [0.05, 0.1) is 8.66 Å². The van der Waals surface area contributed by atoms with Crippen LogP contribution >= 0.6 is 38.6 Å². The van der Waals surface area contributed by atoms with E-state index in [1.807, 2.05) is 29.3 Å². The summed E-state index contributed by atoms with van der Waals surface area (Å²) < 4.78 is 2.77. The van der Waals surface area contributed by atoms with Gasteiger partial charge in [-0.2, -0.15) is 4.99 Å². The lowest BCUT2D eigenvalue weighted by Gasteiger charge is -1.89. The van der Waals surface area contributed by atoms with Crippen LogP contribution in [-0.2, 0) is 7.05 Å². The van der Waals surface area contributed by atoms with E-state index < -0.39 is 0 Å². The van der Waals surface area contributed by atoms with Gasteiger partial charge in [0.25, 0.3) is 5.91 Å². The number of nitrogens with zero attached hydrogens (tertiary/aromatic N) is 2. The molecule has 1 amide bonds. The molecule has 15 heavy (non-hydrogen) atoms. The second kappa shape index (κ2) is 4.42. The van der Waals surface area contributed by atoms with Crippen molar-refractivity contribution in [2.75, 3.05) is 0 Å². The van der Waals surface area contributed by atoms with Gasteiger partial charge in [-0.05, 0) is 28.1 Å². The Kier molecular flexibility index (Phi) is 3.18. The fourth-order valence-corrected chi connectivity index (χ4v) is 3.00. The Labute approximate surface area is 103 Å². The molecule has 0 aromatic carbocycles. The van der Waals surface area contributed by atoms with E-state index in [1.54, 1.807) is 6.07 Å². The molecule has 78 valence electrons. The van der Waals surface area contributed by atoms with E-state index in [4.69, 9.17) is 0 Å². The summed E-state index contributed by atoms with van der Waals surface area (Å²) in [7, 11) is 1.87. The summed E-state index contributed by atoms with van der Waals surface area (Å²) in [5.41, 5.74) is 0. The molecule has 0 N–H and O–H groups in total. The Hall–Kier alpha value is -0.720. The summed E-state index contributed by atoms with van der Waals surface area (Å²) in [5, 5.41) is 1.90. The number of halogens is 1. The molecule has 0 fully saturated rings. The molecule has 2 rings (SSSR count). The highest BCUT2D eigenvalue weighted by Crippen LogP contribution is 2.22. The molecule has 0 atom stereocenters. The number of thiophene rings is 1. The largest absolute Gasteiger partial charge is 0.327 e. The van der Waals surface area contributed by atoms with Gasteiger partial charge in [0.2, 0.25) is 0 Å². The minimum atomic E-state index is -0.191. The average molecular weight is 303 g/mol. The first-order valence-corrected chi connectivity index (χ1v) is 6.60. The van der Waals surface area contributed by atoms with Crippen LogP contribution in [-0.4, -0.2) is 10.5 Å². The van der Waals surface area contributed by atoms with Crippen molar-refractivity contribution in [2.45, 2.75) is 0 Å². The second-order valence-electron chi connectivity index (χ2n) is 2.82. The van der Waals surface area contributed by atoms with Gasteiger partial charge in [0.1, 0.15) is 0 Å². The summed E-state index contributed by atoms with van der Waals surface area (Å²) in [6.45, 7) is 0. The van der Waals surface area contributed by atoms with Gasteiger partial charge < -0.3 is 4.57 Å². The fraction of sp³-hybridized carbons (Fsp3) is 0.111. The van der Waals surface area contributed by atoms with Crippen LogP contribution in [0.15, 0.2) is 32.5 Å². The molecular weight excluding hydrogens is 296 g/mol. The standard InChI is InChI=1S/C9H7BrN2OS2/c1-12-4-5-14-9(12)11-8(13)6-2-3-7(10)15-6/h2-5H,1H3. The summed E-state index contributed by atoms with van der Waals surface area (Å²) in [4.78, 5) is 17.1. The molecule has 0 saturated carbocycles. The fourth-order valence-electron chi connectivity index (χ4n) is 1.01. The van der Waals surface area contributed by atoms with Gasteiger partial charge in [0, 0.05) is 18.6 Å². The summed E-state index contributed by atoms with van der Waals surface area (Å²) in [5.74, 6) is -0.191. The third kappa shape index (κ3) is 2.45. The Balaban J connectivity index is 2.35. The molecule has 2 aromatic heterocycles. The summed E-state index contributed by atoms with van der Waals surface area (Å²) >= 11 is 6.15. The normalized spacial score (nSPS) is 12.0. The lowest BCUT2D eigenvalue weighted by atomic mass is 10.4. The zero-order chi connectivity index (χ0) is 10.8. The van der Waals surface area contributed by atoms with Crippen LogP contribution in [0.1, 0.15) is 9.67 Å². The number of rotatable bonds is 1. The maximum absolute atomic E-state index is 11.7. The maximum Gasteiger partial charge on any atom is 0.289 e. The number of aryl methyl sites for hydroxylation is 1. The van der Waals surface area contributed by atoms with Crippen molar-refractivity contribution in [3.05, 3.63) is 37.2 Å². The number of hydrogen-bond acceptors (Lipinski definition) is 3. The van der Waals surface area contributed by atoms with Crippen molar-refractivity contribution in [3.63, 3.8) is 0 Å². The van der Waals surface area contributed by atoms with Crippen molar-refractivity contribution in [1.29, 1.82) is 0 Å². The van der Waals surface area contributed by atoms with Gasteiger partial charge in [-0.25, -0.2) is 0 Å². The third-order valence-electron chi connectivity index (χ3n) is 1.74. The highest BCUT2D eigenvalue weighted by molar-refractivity contribution is 9.11. The first kappa shape index (κ1) is 10.8. The second-order valence-corrected chi connectivity index (χ2v) is 6.15. The van der Waals surface area contributed by atoms with Crippen molar-refractivity contribution >= 4 is 44.5 Å². The van der Waals surface area contributed by atoms with Crippen molar-refractivity contribution in [2.24, 2.45) is 12.0 Å². The van der Waals surface area contributed by atoms with Crippen LogP contribution in [0.2, 0.25) is 0 Å². The highest BCUT2D eigenvalue weighted by Gasteiger charge is 2.06. The Morgan fingerprint density at radius 2 is 2.33 bits per heavy atom. The van der Waals surface area contributed by atoms with Crippen molar-refractivity contribution < 1.29 is 4.79 Å². The predicted molar refractivity (Wildman–Crippen MR) is 65.2 cm³/mol. The van der Waals surface area contributed by atoms with E-state index >= 15 is 0 Å². The lowest BCUT2D eigenvalue weighted by molar-refractivity contribution is 0.100. The van der Waals surface area contributed by atoms with E-state index in [0.717, 1.165) is 3.79 Å². The van der Waals surface area contributed by atoms with Crippen LogP contribution < -0.4 is 4.80 Å². The molecule has 6 heteroatoms. The molecule has 3 nitrogen and oxygen atoms in total. The third-order valence-corrected chi connectivity index (χ3v) is 4.20. The molecule has 2 heterocycles. The number of carbonyl (C=O) groups excluding carboxylic acids is 1. The number of carbonyl (C=O) groups is 1. The van der Waals surface area contributed by atoms with Crippen molar-refractivity contribution in [1.82, 2.24) is 4.57 Å². The minimum absolute atomic E-state index is 0.191. The van der Waals surface area contributed by atoms with E-state index in [-0.39, 0.29) is 5.91 Å². The molecule has 0 radical (unpaired) electrons. The Bertz CT molecular complexity index is 552. The Morgan fingerprint density at radius 3 is 2.87 bits per heavy atom. The zero-order valence-corrected chi connectivity index (χ0v) is 11.0. The molecule has 0 spiro atoms. The maximum atomic E-state index is 11.7. The topological polar surface area (TPSA) is 34.4 Å². The molecule has 0 aliphatic carbocycles. The smallest absolute Gasteiger partial charge is 0.289 e. The average Bonchev–Trinajstić information content (AvgIpc) is 2.77. The monoisotopic (exact) mass is 302 g/mol. The van der Waals surface area contributed by atoms with E-state index in [9.17, 15) is 4.79 Å². The van der Waals surface area contributed by atoms with Crippen LogP contribution in [0.5, 0.6) is 0 Å². The van der Waals surface area contributed by atoms with E-state index in [0.29, 0.717) is 9.68 Å². The molecule has 0 aliphatic rings. The van der Waals surface area contributed by atoms with E-state index in [2.05, 4.69) is 20.9 Å². The number of aromatic nitrogens is 1. The van der Waals surface area contributed by atoms with Gasteiger partial charge in [-0.1, -0.05) is 0 Å². The molecule has 0 aliphatic heterocycles. The first-order chi connectivity index (χ1) is 7.16. The number of thiazole rings is 1. The van der Waals surface area contributed by atoms with Crippen LogP contribution in [0.4, 0.5) is 0 Å². The Morgan fingerprint density at radius 1 is 1.53 bits per heavy atom. The van der Waals surface area contributed by atoms with Gasteiger partial charge in [-0.15, -0.1) is 22.7 Å². The summed E-state index contributed by atoms with van der Waals surface area (Å²) in [6, 6.07) is 3.62. The molecule has 0 bridgehead atoms. The summed E-state index contributed by atoms with van der Waals surface area (Å²) in [6.07, 6.45) is 1.88. The molecule has 2 aromatic rings. The molecule has 0 unspecified atom stereocenters. The lowest BCUT2D eigenvalue weighted by Crippen LogP contribution is -2.11. The van der Waals surface area contributed by atoms with Gasteiger partial charge in [-0.3, -0.25) is 4.79 Å². The predicted octanol–water partition coefficient (Wildman–Crippen LogP) is 2.65.